The molecule has 1 fully saturated rings. The van der Waals surface area contributed by atoms with Crippen LogP contribution < -0.4 is 25.0 Å². The molecule has 0 aliphatic carbocycles. The number of rotatable bonds is 20. The molecule has 1 atom stereocenters. The van der Waals surface area contributed by atoms with Crippen LogP contribution in [-0.2, 0) is 39.7 Å². The smallest absolute Gasteiger partial charge is 0.294 e. The van der Waals surface area contributed by atoms with E-state index in [1.807, 2.05) is 0 Å². The van der Waals surface area contributed by atoms with Gasteiger partial charge in [-0.1, -0.05) is 11.1 Å². The number of benzene rings is 4. The molecule has 6 rings (SSSR count). The van der Waals surface area contributed by atoms with Gasteiger partial charge in [-0.3, -0.25) is 13.7 Å². The molecule has 0 spiro atoms. The molecular weight excluding hydrogens is 889 g/mol. The minimum Gasteiger partial charge on any atom is -0.494 e. The second-order valence-electron chi connectivity index (χ2n) is 12.3. The summed E-state index contributed by atoms with van der Waals surface area (Å²) in [6.07, 6.45) is -0.0847. The number of hydrogen-bond acceptors (Lipinski definition) is 22. The molecule has 1 aliphatic heterocycles. The van der Waals surface area contributed by atoms with Gasteiger partial charge in [0.2, 0.25) is 17.8 Å². The fourth-order valence-electron chi connectivity index (χ4n) is 5.06. The Labute approximate surface area is 351 Å². The van der Waals surface area contributed by atoms with Crippen LogP contribution in [0.15, 0.2) is 115 Å². The van der Waals surface area contributed by atoms with E-state index in [0.29, 0.717) is 22.0 Å². The van der Waals surface area contributed by atoms with Crippen molar-refractivity contribution < 1.29 is 63.0 Å². The topological polar surface area (TPSA) is 335 Å². The van der Waals surface area contributed by atoms with Gasteiger partial charge in [-0.25, -0.2) is 5.26 Å². The second kappa shape index (κ2) is 19.2. The number of ether oxygens (including phenoxy) is 2. The van der Waals surface area contributed by atoms with Crippen LogP contribution in [0.5, 0.6) is 11.5 Å². The molecule has 5 aromatic rings. The van der Waals surface area contributed by atoms with Crippen molar-refractivity contribution in [1.82, 2.24) is 15.0 Å². The summed E-state index contributed by atoms with van der Waals surface area (Å²) in [4.78, 5) is 14.5. The van der Waals surface area contributed by atoms with Gasteiger partial charge in [0.25, 0.3) is 30.4 Å². The van der Waals surface area contributed by atoms with Crippen LogP contribution in [0.3, 0.4) is 0 Å². The molecule has 6 N–H and O–H groups in total. The lowest BCUT2D eigenvalue weighted by atomic mass is 10.2. The largest absolute Gasteiger partial charge is 0.494 e. The Morgan fingerprint density at radius 3 is 1.89 bits per heavy atom. The highest BCUT2D eigenvalue weighted by Crippen LogP contribution is 2.36. The Morgan fingerprint density at radius 2 is 1.33 bits per heavy atom. The van der Waals surface area contributed by atoms with Crippen LogP contribution >= 0.6 is 12.0 Å². The molecule has 0 radical (unpaired) electrons. The summed E-state index contributed by atoms with van der Waals surface area (Å²) in [6.45, 7) is -0.300. The highest BCUT2D eigenvalue weighted by atomic mass is 32.2. The SMILES string of the molecule is COc1cc(N=Nc2cccc(S(=O)(=O)O)c2)ccc1Nc1nc(Nc2ccc(N=Nc3ccc(SOOO)cc3)cc2OCCCS(=O)(=O)O)nc(N2CC2S(=O)(=O)O)n1. The molecular formula is C33H32N10O14S4. The Bertz CT molecular complexity index is 2780. The highest BCUT2D eigenvalue weighted by molar-refractivity contribution is 7.94. The lowest BCUT2D eigenvalue weighted by molar-refractivity contribution is -0.432. The van der Waals surface area contributed by atoms with Gasteiger partial charge < -0.3 is 25.0 Å². The summed E-state index contributed by atoms with van der Waals surface area (Å²) < 4.78 is 114. The summed E-state index contributed by atoms with van der Waals surface area (Å²) in [7, 11) is -11.9. The van der Waals surface area contributed by atoms with Gasteiger partial charge in [-0.15, -0.1) is 4.33 Å². The molecule has 1 saturated heterocycles. The standard InChI is InChI=1S/C33H32N10O14S4/c1-54-28-17-22(42-40-21-4-2-5-25(16-21)60(48,49)50)8-12-26(28)34-31-36-32(38-33(37-31)43-19-30(43)61(51,52)53)35-27-13-9-23(18-29(27)55-14-3-15-59(45,46)47)41-39-20-6-10-24(11-7-20)58-57-56-44/h2,4-13,16-18,30,44H,3,14-15,19H2,1H3,(H,45,46,47)(H,48,49,50)(H,51,52,53)(H2,34,35,36,37,38). The molecule has 1 aliphatic rings. The molecule has 0 amide bonds. The van der Waals surface area contributed by atoms with Gasteiger partial charge in [0.1, 0.15) is 11.5 Å². The average molecular weight is 921 g/mol. The first-order valence-electron chi connectivity index (χ1n) is 17.1. The fraction of sp³-hybridized carbons (Fsp3) is 0.182. The molecule has 0 saturated carbocycles. The molecule has 24 nitrogen and oxygen atoms in total. The maximum absolute atomic E-state index is 11.9. The Kier molecular flexibility index (Phi) is 14.0. The van der Waals surface area contributed by atoms with E-state index in [0.717, 1.165) is 18.1 Å². The van der Waals surface area contributed by atoms with Crippen LogP contribution in [0.4, 0.5) is 52.0 Å². The summed E-state index contributed by atoms with van der Waals surface area (Å²) in [5.41, 5.74) is 1.69. The lowest BCUT2D eigenvalue weighted by Gasteiger charge is -2.15. The number of hydrogen-bond donors (Lipinski definition) is 6. The molecule has 4 aromatic carbocycles. The summed E-state index contributed by atoms with van der Waals surface area (Å²) in [6, 6.07) is 20.8. The maximum atomic E-state index is 11.9. The zero-order chi connectivity index (χ0) is 43.8. The van der Waals surface area contributed by atoms with Crippen LogP contribution in [0.1, 0.15) is 6.42 Å². The number of methoxy groups -OCH3 is 1. The molecule has 322 valence electrons. The minimum atomic E-state index is -4.51. The van der Waals surface area contributed by atoms with Crippen molar-refractivity contribution in [3.63, 3.8) is 0 Å². The third-order valence-electron chi connectivity index (χ3n) is 7.91. The van der Waals surface area contributed by atoms with Crippen molar-refractivity contribution in [3.05, 3.63) is 84.9 Å². The van der Waals surface area contributed by atoms with Gasteiger partial charge in [-0.2, -0.15) is 60.7 Å². The van der Waals surface area contributed by atoms with Crippen LogP contribution in [0, 0.1) is 0 Å². The van der Waals surface area contributed by atoms with E-state index in [1.54, 1.807) is 30.3 Å². The molecule has 61 heavy (non-hydrogen) atoms. The predicted molar refractivity (Wildman–Crippen MR) is 217 cm³/mol. The van der Waals surface area contributed by atoms with Gasteiger partial charge in [-0.05, 0) is 73.2 Å². The van der Waals surface area contributed by atoms with Crippen LogP contribution in [0.2, 0.25) is 0 Å². The zero-order valence-electron chi connectivity index (χ0n) is 31.1. The number of azo groups is 2. The Hall–Kier alpha value is -5.95. The summed E-state index contributed by atoms with van der Waals surface area (Å²) >= 11 is 0.759. The van der Waals surface area contributed by atoms with Gasteiger partial charge in [0.05, 0.1) is 77.1 Å². The van der Waals surface area contributed by atoms with Crippen molar-refractivity contribution in [2.24, 2.45) is 20.5 Å². The van der Waals surface area contributed by atoms with Crippen molar-refractivity contribution in [2.45, 2.75) is 21.6 Å². The van der Waals surface area contributed by atoms with E-state index < -0.39 is 41.5 Å². The minimum absolute atomic E-state index is 0.0847. The maximum Gasteiger partial charge on any atom is 0.294 e. The van der Waals surface area contributed by atoms with Crippen LogP contribution in [0.25, 0.3) is 0 Å². The summed E-state index contributed by atoms with van der Waals surface area (Å²) in [5, 5.41) is 33.1. The van der Waals surface area contributed by atoms with E-state index in [4.69, 9.17) is 14.7 Å². The first-order valence-corrected chi connectivity index (χ1v) is 22.4. The normalized spacial score (nSPS) is 14.4. The molecule has 1 aromatic heterocycles. The van der Waals surface area contributed by atoms with Crippen molar-refractivity contribution in [1.29, 1.82) is 0 Å². The van der Waals surface area contributed by atoms with E-state index in [-0.39, 0.29) is 70.9 Å². The molecule has 1 unspecified atom stereocenters. The monoisotopic (exact) mass is 920 g/mol. The van der Waals surface area contributed by atoms with Crippen molar-refractivity contribution >= 4 is 94.4 Å². The lowest BCUT2D eigenvalue weighted by Crippen LogP contribution is -2.15. The van der Waals surface area contributed by atoms with E-state index in [2.05, 4.69) is 55.4 Å². The molecule has 28 heteroatoms. The van der Waals surface area contributed by atoms with Crippen molar-refractivity contribution in [3.8, 4) is 11.5 Å². The molecule has 2 heterocycles. The number of anilines is 5. The number of nitrogens with zero attached hydrogens (tertiary/aromatic N) is 8. The highest BCUT2D eigenvalue weighted by Gasteiger charge is 2.46. The van der Waals surface area contributed by atoms with E-state index in [9.17, 15) is 38.9 Å². The van der Waals surface area contributed by atoms with Gasteiger partial charge in [0.15, 0.2) is 5.37 Å². The first kappa shape index (κ1) is 44.6. The van der Waals surface area contributed by atoms with E-state index >= 15 is 0 Å². The quantitative estimate of drug-likeness (QED) is 0.00914. The number of nitrogens with one attached hydrogen (secondary N) is 2. The van der Waals surface area contributed by atoms with E-state index in [1.165, 1.54) is 60.5 Å². The Balaban J connectivity index is 1.28. The second-order valence-corrected chi connectivity index (χ2v) is 17.6. The third kappa shape index (κ3) is 13.0. The van der Waals surface area contributed by atoms with Crippen LogP contribution in [-0.4, -0.2) is 90.5 Å². The fourth-order valence-corrected chi connectivity index (χ4v) is 7.18. The average Bonchev–Trinajstić information content (AvgIpc) is 4.04. The Morgan fingerprint density at radius 1 is 0.754 bits per heavy atom. The number of aromatic nitrogens is 3. The first-order chi connectivity index (χ1) is 29.0. The third-order valence-corrected chi connectivity index (χ3v) is 11.3. The van der Waals surface area contributed by atoms with Crippen molar-refractivity contribution in [2.75, 3.05) is 41.5 Å². The predicted octanol–water partition coefficient (Wildman–Crippen LogP) is 6.56. The molecule has 0 bridgehead atoms. The van der Waals surface area contributed by atoms with Gasteiger partial charge >= 0.3 is 0 Å². The van der Waals surface area contributed by atoms with Gasteiger partial charge in [0, 0.05) is 17.0 Å². The summed E-state index contributed by atoms with van der Waals surface area (Å²) in [5.74, 6) is -0.657. The zero-order valence-corrected chi connectivity index (χ0v) is 34.3.